The van der Waals surface area contributed by atoms with E-state index in [-0.39, 0.29) is 29.5 Å². The summed E-state index contributed by atoms with van der Waals surface area (Å²) in [6.45, 7) is -0.353. The van der Waals surface area contributed by atoms with Gasteiger partial charge in [-0.3, -0.25) is 14.5 Å². The van der Waals surface area contributed by atoms with Gasteiger partial charge in [-0.1, -0.05) is 0 Å². The lowest BCUT2D eigenvalue weighted by molar-refractivity contribution is -0.192. The van der Waals surface area contributed by atoms with E-state index in [1.54, 1.807) is 0 Å². The molecule has 0 aromatic rings. The van der Waals surface area contributed by atoms with Crippen LogP contribution in [-0.4, -0.2) is 70.3 Å². The predicted molar refractivity (Wildman–Crippen MR) is 81.9 cm³/mol. The number of alkyl halides is 1. The average molecular weight is 380 g/mol. The largest absolute Gasteiger partial charge is 0.477 e. The average Bonchev–Trinajstić information content (AvgIpc) is 2.55. The van der Waals surface area contributed by atoms with E-state index in [1.165, 1.54) is 7.11 Å². The highest BCUT2D eigenvalue weighted by molar-refractivity contribution is 8.00. The highest BCUT2D eigenvalue weighted by Crippen LogP contribution is 2.46. The second-order valence-electron chi connectivity index (χ2n) is 4.83. The van der Waals surface area contributed by atoms with Gasteiger partial charge in [0, 0.05) is 18.4 Å². The van der Waals surface area contributed by atoms with Crippen LogP contribution in [0.2, 0.25) is 0 Å². The van der Waals surface area contributed by atoms with E-state index in [9.17, 15) is 24.3 Å². The summed E-state index contributed by atoms with van der Waals surface area (Å²) in [5, 5.41) is 11.0. The van der Waals surface area contributed by atoms with Crippen LogP contribution in [0.3, 0.4) is 0 Å². The van der Waals surface area contributed by atoms with Crippen molar-refractivity contribution in [3.63, 3.8) is 0 Å². The molecule has 24 heavy (non-hydrogen) atoms. The van der Waals surface area contributed by atoms with Gasteiger partial charge in [-0.2, -0.15) is 0 Å². The third kappa shape index (κ3) is 2.89. The molecule has 0 radical (unpaired) electrons. The highest BCUT2D eigenvalue weighted by Gasteiger charge is 2.66. The van der Waals surface area contributed by atoms with Crippen LogP contribution in [0.15, 0.2) is 11.3 Å². The van der Waals surface area contributed by atoms with Crippen molar-refractivity contribution in [2.75, 3.05) is 25.3 Å². The molecule has 0 aliphatic carbocycles. The summed E-state index contributed by atoms with van der Waals surface area (Å²) in [5.41, 5.74) is 3.07. The Balaban J connectivity index is 2.32. The van der Waals surface area contributed by atoms with E-state index in [4.69, 9.17) is 22.1 Å². The van der Waals surface area contributed by atoms with Gasteiger partial charge in [0.25, 0.3) is 11.6 Å². The molecular weight excluding hydrogens is 366 g/mol. The van der Waals surface area contributed by atoms with E-state index in [1.807, 2.05) is 0 Å². The van der Waals surface area contributed by atoms with Crippen molar-refractivity contribution in [1.82, 2.24) is 10.2 Å². The number of aliphatic carboxylic acids is 1. The van der Waals surface area contributed by atoms with Crippen LogP contribution in [0.4, 0.5) is 4.79 Å². The fraction of sp³-hybridized carbons (Fsp3) is 0.500. The zero-order chi connectivity index (χ0) is 18.1. The molecule has 3 amide bonds. The zero-order valence-electron chi connectivity index (χ0n) is 12.4. The van der Waals surface area contributed by atoms with Crippen molar-refractivity contribution in [2.24, 2.45) is 5.73 Å². The Morgan fingerprint density at radius 1 is 1.54 bits per heavy atom. The summed E-state index contributed by atoms with van der Waals surface area (Å²) in [7, 11) is 1.22. The quantitative estimate of drug-likeness (QED) is 0.303. The summed E-state index contributed by atoms with van der Waals surface area (Å²) < 4.78 is 9.78. The van der Waals surface area contributed by atoms with Crippen LogP contribution in [-0.2, 0) is 23.9 Å². The van der Waals surface area contributed by atoms with E-state index in [2.05, 4.69) is 10.1 Å². The Kier molecular flexibility index (Phi) is 5.26. The van der Waals surface area contributed by atoms with Crippen molar-refractivity contribution >= 4 is 47.2 Å². The Morgan fingerprint density at radius 3 is 2.71 bits per heavy atom. The summed E-state index contributed by atoms with van der Waals surface area (Å²) in [6, 6.07) is 0. The number of fused-ring (bicyclic) bond motifs is 1. The van der Waals surface area contributed by atoms with Crippen molar-refractivity contribution in [3.8, 4) is 0 Å². The van der Waals surface area contributed by atoms with Crippen LogP contribution < -0.4 is 11.1 Å². The van der Waals surface area contributed by atoms with E-state index < -0.39 is 35.0 Å². The van der Waals surface area contributed by atoms with Crippen molar-refractivity contribution < 1.29 is 33.8 Å². The molecule has 0 aromatic carbocycles. The molecule has 0 bridgehead atoms. The Labute approximate surface area is 145 Å². The van der Waals surface area contributed by atoms with Crippen LogP contribution in [0.25, 0.3) is 0 Å². The standard InChI is InChI=1S/C12H14ClN3O7S/c1-22-12(15-6(17)2-13)9(20)16-7(8(18)19)5(3-23-11(14)21)4-24-10(12)16/h10H,2-4H2,1H3,(H2,14,21)(H,15,17)(H,18,19)/t10-,12-/m0/s1. The molecule has 1 saturated heterocycles. The maximum Gasteiger partial charge on any atom is 0.404 e. The number of carbonyl (C=O) groups is 4. The minimum Gasteiger partial charge on any atom is -0.477 e. The van der Waals surface area contributed by atoms with Gasteiger partial charge in [-0.15, -0.1) is 23.4 Å². The van der Waals surface area contributed by atoms with Crippen LogP contribution in [0, 0.1) is 0 Å². The fourth-order valence-electron chi connectivity index (χ4n) is 2.45. The summed E-state index contributed by atoms with van der Waals surface area (Å²) >= 11 is 6.58. The number of amides is 3. The number of carboxylic acids is 1. The minimum absolute atomic E-state index is 0.144. The maximum absolute atomic E-state index is 12.5. The number of carboxylic acid groups (broad SMARTS) is 1. The molecule has 0 aromatic heterocycles. The van der Waals surface area contributed by atoms with Gasteiger partial charge in [0.1, 0.15) is 23.6 Å². The molecular formula is C12H14ClN3O7S. The smallest absolute Gasteiger partial charge is 0.404 e. The molecule has 2 rings (SSSR count). The van der Waals surface area contributed by atoms with Crippen molar-refractivity contribution in [2.45, 2.75) is 11.1 Å². The van der Waals surface area contributed by atoms with Gasteiger partial charge < -0.3 is 25.6 Å². The number of nitrogens with two attached hydrogens (primary N) is 1. The molecule has 0 saturated carbocycles. The van der Waals surface area contributed by atoms with E-state index in [0.29, 0.717) is 0 Å². The molecule has 12 heteroatoms. The number of carbonyl (C=O) groups excluding carboxylic acids is 3. The third-order valence-corrected chi connectivity index (χ3v) is 5.09. The van der Waals surface area contributed by atoms with Gasteiger partial charge in [0.15, 0.2) is 0 Å². The molecule has 132 valence electrons. The number of hydrogen-bond donors (Lipinski definition) is 3. The number of primary amides is 1. The number of ether oxygens (including phenoxy) is 2. The number of β-lactam (4-membered cyclic amide) rings is 1. The van der Waals surface area contributed by atoms with Crippen molar-refractivity contribution in [1.29, 1.82) is 0 Å². The Hall–Kier alpha value is -1.98. The Bertz CT molecular complexity index is 640. The predicted octanol–water partition coefficient (Wildman–Crippen LogP) is -0.967. The highest BCUT2D eigenvalue weighted by atomic mass is 35.5. The SMILES string of the molecule is CO[C@@]1(NC(=O)CCl)C(=O)N2C(C(=O)O)=C(COC(N)=O)CS[C@H]21. The maximum atomic E-state index is 12.5. The third-order valence-electron chi connectivity index (χ3n) is 3.47. The summed E-state index contributed by atoms with van der Waals surface area (Å²) in [4.78, 5) is 47.3. The molecule has 4 N–H and O–H groups in total. The zero-order valence-corrected chi connectivity index (χ0v) is 14.0. The van der Waals surface area contributed by atoms with Gasteiger partial charge >= 0.3 is 12.1 Å². The fourth-order valence-corrected chi connectivity index (χ4v) is 3.94. The van der Waals surface area contributed by atoms with Crippen molar-refractivity contribution in [3.05, 3.63) is 11.3 Å². The first-order valence-corrected chi connectivity index (χ1v) is 8.11. The molecule has 2 heterocycles. The Morgan fingerprint density at radius 2 is 2.21 bits per heavy atom. The molecule has 10 nitrogen and oxygen atoms in total. The van der Waals surface area contributed by atoms with Crippen LogP contribution in [0.1, 0.15) is 0 Å². The molecule has 0 spiro atoms. The summed E-state index contributed by atoms with van der Waals surface area (Å²) in [5.74, 6) is -2.99. The lowest BCUT2D eigenvalue weighted by Gasteiger charge is -2.55. The second-order valence-corrected chi connectivity index (χ2v) is 6.16. The molecule has 2 aliphatic heterocycles. The van der Waals surface area contributed by atoms with Crippen LogP contribution >= 0.6 is 23.4 Å². The number of thioether (sulfide) groups is 1. The lowest BCUT2D eigenvalue weighted by atomic mass is 9.98. The molecule has 1 fully saturated rings. The lowest BCUT2D eigenvalue weighted by Crippen LogP contribution is -2.80. The first-order chi connectivity index (χ1) is 11.3. The normalized spacial score (nSPS) is 25.7. The molecule has 2 aliphatic rings. The van der Waals surface area contributed by atoms with Gasteiger partial charge in [0.05, 0.1) is 0 Å². The monoisotopic (exact) mass is 379 g/mol. The number of methoxy groups -OCH3 is 1. The van der Waals surface area contributed by atoms with Crippen LogP contribution in [0.5, 0.6) is 0 Å². The summed E-state index contributed by atoms with van der Waals surface area (Å²) in [6.07, 6.45) is -1.06. The van der Waals surface area contributed by atoms with E-state index >= 15 is 0 Å². The van der Waals surface area contributed by atoms with Gasteiger partial charge in [-0.25, -0.2) is 9.59 Å². The number of halogens is 1. The first kappa shape index (κ1) is 18.4. The topological polar surface area (TPSA) is 148 Å². The van der Waals surface area contributed by atoms with E-state index in [0.717, 1.165) is 16.7 Å². The molecule has 2 atom stereocenters. The molecule has 0 unspecified atom stereocenters. The number of nitrogens with one attached hydrogen (secondary N) is 1. The minimum atomic E-state index is -1.69. The number of nitrogens with zero attached hydrogens (tertiary/aromatic N) is 1. The first-order valence-electron chi connectivity index (χ1n) is 6.53. The number of rotatable bonds is 6. The number of hydrogen-bond acceptors (Lipinski definition) is 7. The van der Waals surface area contributed by atoms with Gasteiger partial charge in [0.2, 0.25) is 5.91 Å². The second kappa shape index (κ2) is 6.87. The van der Waals surface area contributed by atoms with Gasteiger partial charge in [-0.05, 0) is 0 Å².